The number of nitro benzene ring substituents is 1. The van der Waals surface area contributed by atoms with Crippen molar-refractivity contribution in [1.29, 1.82) is 0 Å². The fourth-order valence-electron chi connectivity index (χ4n) is 4.41. The van der Waals surface area contributed by atoms with Crippen molar-refractivity contribution in [3.63, 3.8) is 0 Å². The normalized spacial score (nSPS) is 12.3. The summed E-state index contributed by atoms with van der Waals surface area (Å²) in [6, 6.07) is 14.1. The minimum absolute atomic E-state index is 0.151. The number of rotatable bonds is 10. The van der Waals surface area contributed by atoms with Crippen LogP contribution in [0, 0.1) is 17.0 Å². The fourth-order valence-corrected chi connectivity index (χ4v) is 4.97. The first-order valence-corrected chi connectivity index (χ1v) is 14.3. The monoisotopic (exact) mass is 620 g/mol. The van der Waals surface area contributed by atoms with Gasteiger partial charge in [-0.05, 0) is 90.5 Å². The molecular formula is C31H33BrN4O5. The molecule has 0 bridgehead atoms. The number of ether oxygens (including phenoxy) is 2. The van der Waals surface area contributed by atoms with E-state index < -0.39 is 4.92 Å². The van der Waals surface area contributed by atoms with Crippen LogP contribution in [0.25, 0.3) is 22.3 Å². The van der Waals surface area contributed by atoms with Gasteiger partial charge in [0.2, 0.25) is 5.75 Å². The molecule has 10 heteroatoms. The average Bonchev–Trinajstić information content (AvgIpc) is 2.93. The van der Waals surface area contributed by atoms with Crippen molar-refractivity contribution < 1.29 is 14.4 Å². The summed E-state index contributed by atoms with van der Waals surface area (Å²) >= 11 is 3.42. The second-order valence-electron chi connectivity index (χ2n) is 10.1. The smallest absolute Gasteiger partial charge is 0.312 e. The summed E-state index contributed by atoms with van der Waals surface area (Å²) in [5.41, 5.74) is 3.00. The van der Waals surface area contributed by atoms with E-state index in [4.69, 9.17) is 14.5 Å². The summed E-state index contributed by atoms with van der Waals surface area (Å²) in [6.45, 7) is 12.4. The highest BCUT2D eigenvalue weighted by Gasteiger charge is 2.22. The molecule has 214 valence electrons. The zero-order valence-electron chi connectivity index (χ0n) is 24.0. The zero-order valence-corrected chi connectivity index (χ0v) is 25.6. The second kappa shape index (κ2) is 12.6. The minimum Gasteiger partial charge on any atom is -0.494 e. The van der Waals surface area contributed by atoms with E-state index in [0.29, 0.717) is 39.8 Å². The lowest BCUT2D eigenvalue weighted by atomic mass is 9.96. The number of aryl methyl sites for hydroxylation is 1. The Bertz CT molecular complexity index is 1700. The molecule has 0 amide bonds. The fraction of sp³-hybridized carbons (Fsp3) is 0.323. The Balaban J connectivity index is 1.93. The largest absolute Gasteiger partial charge is 0.494 e. The van der Waals surface area contributed by atoms with Gasteiger partial charge < -0.3 is 9.47 Å². The van der Waals surface area contributed by atoms with Gasteiger partial charge in [-0.25, -0.2) is 4.98 Å². The van der Waals surface area contributed by atoms with E-state index in [2.05, 4.69) is 34.9 Å². The Morgan fingerprint density at radius 3 is 2.54 bits per heavy atom. The number of para-hydroxylation sites is 1. The van der Waals surface area contributed by atoms with Gasteiger partial charge in [0.05, 0.1) is 39.2 Å². The zero-order chi connectivity index (χ0) is 29.8. The van der Waals surface area contributed by atoms with E-state index >= 15 is 0 Å². The maximum atomic E-state index is 13.7. The molecule has 1 heterocycles. The molecule has 1 atom stereocenters. The number of halogens is 1. The minimum atomic E-state index is -0.494. The first-order chi connectivity index (χ1) is 19.5. The molecule has 0 unspecified atom stereocenters. The van der Waals surface area contributed by atoms with Gasteiger partial charge in [-0.1, -0.05) is 32.9 Å². The molecule has 4 rings (SSSR count). The molecule has 3 aromatic carbocycles. The number of fused-ring (bicyclic) bond motifs is 1. The highest BCUT2D eigenvalue weighted by atomic mass is 79.9. The predicted molar refractivity (Wildman–Crippen MR) is 166 cm³/mol. The molecule has 0 aliphatic carbocycles. The number of hydrogen-bond acceptors (Lipinski definition) is 7. The Morgan fingerprint density at radius 2 is 1.88 bits per heavy atom. The van der Waals surface area contributed by atoms with Gasteiger partial charge in [-0.2, -0.15) is 9.78 Å². The number of aromatic nitrogens is 2. The molecule has 0 aliphatic heterocycles. The van der Waals surface area contributed by atoms with Crippen LogP contribution in [0.3, 0.4) is 0 Å². The van der Waals surface area contributed by atoms with Crippen molar-refractivity contribution in [2.24, 2.45) is 5.10 Å². The van der Waals surface area contributed by atoms with Crippen molar-refractivity contribution in [3.05, 3.63) is 90.2 Å². The van der Waals surface area contributed by atoms with Gasteiger partial charge in [0.1, 0.15) is 5.75 Å². The molecule has 1 aromatic heterocycles. The SMILES string of the molecule is CCOc1cc(C)c(-c2nc3ccccc3c(=O)n2N=Cc2cc(Br)c(O[C@H](C)CC)c([N+](=O)[O-])c2)cc1C(C)C. The van der Waals surface area contributed by atoms with Gasteiger partial charge >= 0.3 is 5.69 Å². The van der Waals surface area contributed by atoms with Crippen LogP contribution in [0.5, 0.6) is 11.5 Å². The lowest BCUT2D eigenvalue weighted by Crippen LogP contribution is -2.21. The Labute approximate surface area is 247 Å². The molecule has 0 spiro atoms. The van der Waals surface area contributed by atoms with Crippen LogP contribution in [0.1, 0.15) is 63.6 Å². The highest BCUT2D eigenvalue weighted by Crippen LogP contribution is 2.37. The van der Waals surface area contributed by atoms with Crippen LogP contribution in [0.4, 0.5) is 5.69 Å². The van der Waals surface area contributed by atoms with Gasteiger partial charge in [0, 0.05) is 17.2 Å². The number of benzene rings is 3. The third kappa shape index (κ3) is 6.32. The lowest BCUT2D eigenvalue weighted by Gasteiger charge is -2.18. The molecule has 0 saturated heterocycles. The van der Waals surface area contributed by atoms with Crippen molar-refractivity contribution in [1.82, 2.24) is 9.66 Å². The van der Waals surface area contributed by atoms with Crippen LogP contribution >= 0.6 is 15.9 Å². The van der Waals surface area contributed by atoms with Crippen molar-refractivity contribution >= 4 is 38.7 Å². The lowest BCUT2D eigenvalue weighted by molar-refractivity contribution is -0.386. The van der Waals surface area contributed by atoms with Gasteiger partial charge in [-0.3, -0.25) is 14.9 Å². The maximum absolute atomic E-state index is 13.7. The van der Waals surface area contributed by atoms with Gasteiger partial charge in [0.25, 0.3) is 5.56 Å². The Morgan fingerprint density at radius 1 is 1.15 bits per heavy atom. The van der Waals surface area contributed by atoms with Crippen LogP contribution in [0.2, 0.25) is 0 Å². The third-order valence-electron chi connectivity index (χ3n) is 6.73. The van der Waals surface area contributed by atoms with Gasteiger partial charge in [0.15, 0.2) is 5.82 Å². The summed E-state index contributed by atoms with van der Waals surface area (Å²) < 4.78 is 13.4. The predicted octanol–water partition coefficient (Wildman–Crippen LogP) is 7.62. The standard InChI is InChI=1S/C31H33BrN4O5/c1-7-20(6)41-29-25(32)14-21(15-27(29)36(38)39)17-33-35-30(34-26-12-10-9-11-22(26)31(35)37)24-16-23(18(3)4)28(40-8-2)13-19(24)5/h9-18,20H,7-8H2,1-6H3/t20-/m1/s1. The number of nitro groups is 1. The molecule has 0 saturated carbocycles. The van der Waals surface area contributed by atoms with Crippen molar-refractivity contribution in [2.45, 2.75) is 60.0 Å². The molecule has 4 aromatic rings. The van der Waals surface area contributed by atoms with Crippen molar-refractivity contribution in [3.8, 4) is 22.9 Å². The summed E-state index contributed by atoms with van der Waals surface area (Å²) in [7, 11) is 0. The van der Waals surface area contributed by atoms with E-state index in [0.717, 1.165) is 22.4 Å². The summed E-state index contributed by atoms with van der Waals surface area (Å²) in [4.78, 5) is 30.0. The van der Waals surface area contributed by atoms with E-state index in [-0.39, 0.29) is 29.0 Å². The van der Waals surface area contributed by atoms with Gasteiger partial charge in [-0.15, -0.1) is 0 Å². The molecule has 9 nitrogen and oxygen atoms in total. The second-order valence-corrected chi connectivity index (χ2v) is 10.9. The first kappa shape index (κ1) is 29.9. The molecular weight excluding hydrogens is 588 g/mol. The summed E-state index contributed by atoms with van der Waals surface area (Å²) in [5.74, 6) is 1.46. The van der Waals surface area contributed by atoms with E-state index in [1.54, 1.807) is 24.3 Å². The van der Waals surface area contributed by atoms with Crippen molar-refractivity contribution in [2.75, 3.05) is 6.61 Å². The summed E-state index contributed by atoms with van der Waals surface area (Å²) in [5, 5.41) is 16.8. The van der Waals surface area contributed by atoms with E-state index in [9.17, 15) is 14.9 Å². The Hall–Kier alpha value is -4.05. The molecule has 0 fully saturated rings. The molecule has 41 heavy (non-hydrogen) atoms. The van der Waals surface area contributed by atoms with Crippen LogP contribution in [0.15, 0.2) is 62.9 Å². The highest BCUT2D eigenvalue weighted by molar-refractivity contribution is 9.10. The number of hydrogen-bond donors (Lipinski definition) is 0. The molecule has 0 aliphatic rings. The first-order valence-electron chi connectivity index (χ1n) is 13.5. The van der Waals surface area contributed by atoms with Crippen LogP contribution in [-0.2, 0) is 0 Å². The van der Waals surface area contributed by atoms with Crippen LogP contribution in [-0.4, -0.2) is 33.5 Å². The van der Waals surface area contributed by atoms with Crippen LogP contribution < -0.4 is 15.0 Å². The van der Waals surface area contributed by atoms with E-state index in [1.807, 2.05) is 45.9 Å². The summed E-state index contributed by atoms with van der Waals surface area (Å²) in [6.07, 6.45) is 1.90. The quantitative estimate of drug-likeness (QED) is 0.102. The average molecular weight is 622 g/mol. The molecule has 0 radical (unpaired) electrons. The van der Waals surface area contributed by atoms with E-state index in [1.165, 1.54) is 17.0 Å². The number of nitrogens with zero attached hydrogens (tertiary/aromatic N) is 4. The Kier molecular flexibility index (Phi) is 9.22. The maximum Gasteiger partial charge on any atom is 0.312 e. The third-order valence-corrected chi connectivity index (χ3v) is 7.32. The topological polar surface area (TPSA) is 109 Å². The molecule has 0 N–H and O–H groups in total.